The van der Waals surface area contributed by atoms with Crippen LogP contribution in [0.3, 0.4) is 0 Å². The molecule has 2 unspecified atom stereocenters. The van der Waals surface area contributed by atoms with Gasteiger partial charge in [0.15, 0.2) is 0 Å². The summed E-state index contributed by atoms with van der Waals surface area (Å²) in [5.74, 6) is 1.04. The van der Waals surface area contributed by atoms with Crippen LogP contribution in [0, 0.1) is 11.8 Å². The Kier molecular flexibility index (Phi) is 7.40. The van der Waals surface area contributed by atoms with Crippen LogP contribution in [0.5, 0.6) is 0 Å². The zero-order chi connectivity index (χ0) is 15.7. The highest BCUT2D eigenvalue weighted by Gasteiger charge is 2.25. The van der Waals surface area contributed by atoms with E-state index in [1.165, 1.54) is 5.56 Å². The number of aliphatic hydroxyl groups excluding tert-OH is 1. The molecule has 1 aliphatic rings. The van der Waals surface area contributed by atoms with Crippen molar-refractivity contribution in [1.82, 2.24) is 5.32 Å². The SMILES string of the molecule is CC(C)(C)OC=O.OCC1CNCC1Cc1ccccc1. The zero-order valence-electron chi connectivity index (χ0n) is 13.2. The maximum absolute atomic E-state index is 9.60. The first-order chi connectivity index (χ1) is 9.96. The number of nitrogens with one attached hydrogen (secondary N) is 1. The third-order valence-electron chi connectivity index (χ3n) is 3.46. The molecule has 2 N–H and O–H groups in total. The minimum Gasteiger partial charge on any atom is -0.462 e. The number of benzene rings is 1. The van der Waals surface area contributed by atoms with Crippen molar-refractivity contribution in [2.75, 3.05) is 19.7 Å². The number of hydrogen-bond acceptors (Lipinski definition) is 4. The normalized spacial score (nSPS) is 21.3. The first-order valence-electron chi connectivity index (χ1n) is 7.43. The fourth-order valence-electron chi connectivity index (χ4n) is 2.30. The molecule has 0 aliphatic carbocycles. The van der Waals surface area contributed by atoms with Crippen LogP contribution in [0.15, 0.2) is 30.3 Å². The maximum atomic E-state index is 9.60. The summed E-state index contributed by atoms with van der Waals surface area (Å²) in [5.41, 5.74) is 1.06. The average Bonchev–Trinajstić information content (AvgIpc) is 2.86. The molecule has 1 aliphatic heterocycles. The molecule has 118 valence electrons. The molecule has 1 fully saturated rings. The van der Waals surface area contributed by atoms with Gasteiger partial charge < -0.3 is 15.2 Å². The van der Waals surface area contributed by atoms with Crippen LogP contribution >= 0.6 is 0 Å². The van der Waals surface area contributed by atoms with Crippen molar-refractivity contribution in [3.63, 3.8) is 0 Å². The van der Waals surface area contributed by atoms with E-state index >= 15 is 0 Å². The van der Waals surface area contributed by atoms with Crippen molar-refractivity contribution in [2.45, 2.75) is 32.8 Å². The molecule has 0 radical (unpaired) electrons. The molecular weight excluding hydrogens is 266 g/mol. The second kappa shape index (κ2) is 8.80. The van der Waals surface area contributed by atoms with Gasteiger partial charge in [-0.2, -0.15) is 0 Å². The second-order valence-corrected chi connectivity index (χ2v) is 6.38. The minimum absolute atomic E-state index is 0.310. The summed E-state index contributed by atoms with van der Waals surface area (Å²) in [7, 11) is 0. The Morgan fingerprint density at radius 2 is 1.86 bits per heavy atom. The van der Waals surface area contributed by atoms with Gasteiger partial charge >= 0.3 is 0 Å². The summed E-state index contributed by atoms with van der Waals surface area (Å²) in [5, 5.41) is 12.5. The summed E-state index contributed by atoms with van der Waals surface area (Å²) < 4.78 is 4.55. The van der Waals surface area contributed by atoms with E-state index in [0.717, 1.165) is 19.5 Å². The molecule has 1 heterocycles. The average molecular weight is 293 g/mol. The molecule has 2 rings (SSSR count). The third-order valence-corrected chi connectivity index (χ3v) is 3.46. The van der Waals surface area contributed by atoms with Crippen molar-refractivity contribution < 1.29 is 14.6 Å². The van der Waals surface area contributed by atoms with E-state index in [1.807, 2.05) is 26.8 Å². The zero-order valence-corrected chi connectivity index (χ0v) is 13.2. The van der Waals surface area contributed by atoms with Gasteiger partial charge in [0.25, 0.3) is 6.47 Å². The van der Waals surface area contributed by atoms with E-state index in [0.29, 0.717) is 24.9 Å². The fourth-order valence-corrected chi connectivity index (χ4v) is 2.30. The van der Waals surface area contributed by atoms with Gasteiger partial charge in [-0.25, -0.2) is 0 Å². The quantitative estimate of drug-likeness (QED) is 0.834. The predicted octanol–water partition coefficient (Wildman–Crippen LogP) is 2.01. The van der Waals surface area contributed by atoms with Gasteiger partial charge in [-0.05, 0) is 51.1 Å². The summed E-state index contributed by atoms with van der Waals surface area (Å²) in [6, 6.07) is 10.5. The molecule has 21 heavy (non-hydrogen) atoms. The van der Waals surface area contributed by atoms with E-state index in [1.54, 1.807) is 0 Å². The molecule has 0 bridgehead atoms. The van der Waals surface area contributed by atoms with Crippen LogP contribution in [0.25, 0.3) is 0 Å². The summed E-state index contributed by atoms with van der Waals surface area (Å²) >= 11 is 0. The van der Waals surface area contributed by atoms with Crippen LogP contribution in [0.2, 0.25) is 0 Å². The highest BCUT2D eigenvalue weighted by Crippen LogP contribution is 2.20. The topological polar surface area (TPSA) is 58.6 Å². The molecular formula is C17H27NO3. The summed E-state index contributed by atoms with van der Waals surface area (Å²) in [6.45, 7) is 8.24. The molecule has 4 heteroatoms. The Labute approximate surface area is 127 Å². The highest BCUT2D eigenvalue weighted by atomic mass is 16.5. The number of hydrogen-bond donors (Lipinski definition) is 2. The monoisotopic (exact) mass is 293 g/mol. The molecule has 0 saturated carbocycles. The van der Waals surface area contributed by atoms with Crippen molar-refractivity contribution in [1.29, 1.82) is 0 Å². The van der Waals surface area contributed by atoms with Crippen molar-refractivity contribution in [2.24, 2.45) is 11.8 Å². The van der Waals surface area contributed by atoms with Gasteiger partial charge in [0.2, 0.25) is 0 Å². The van der Waals surface area contributed by atoms with E-state index in [9.17, 15) is 9.90 Å². The van der Waals surface area contributed by atoms with E-state index in [2.05, 4.69) is 34.3 Å². The molecule has 1 saturated heterocycles. The van der Waals surface area contributed by atoms with Gasteiger partial charge in [0.05, 0.1) is 0 Å². The van der Waals surface area contributed by atoms with Crippen LogP contribution < -0.4 is 5.32 Å². The molecule has 1 aromatic rings. The van der Waals surface area contributed by atoms with Crippen molar-refractivity contribution in [3.05, 3.63) is 35.9 Å². The minimum atomic E-state index is -0.318. The number of aliphatic hydroxyl groups is 1. The Hall–Kier alpha value is -1.39. The van der Waals surface area contributed by atoms with Gasteiger partial charge in [0.1, 0.15) is 5.60 Å². The Morgan fingerprint density at radius 1 is 1.24 bits per heavy atom. The summed E-state index contributed by atoms with van der Waals surface area (Å²) in [4.78, 5) is 9.60. The number of carbonyl (C=O) groups excluding carboxylic acids is 1. The van der Waals surface area contributed by atoms with Crippen LogP contribution in [-0.4, -0.2) is 36.9 Å². The first-order valence-corrected chi connectivity index (χ1v) is 7.43. The van der Waals surface area contributed by atoms with Crippen molar-refractivity contribution >= 4 is 6.47 Å². The fraction of sp³-hybridized carbons (Fsp3) is 0.588. The van der Waals surface area contributed by atoms with Gasteiger partial charge in [-0.15, -0.1) is 0 Å². The van der Waals surface area contributed by atoms with Crippen LogP contribution in [-0.2, 0) is 16.0 Å². The second-order valence-electron chi connectivity index (χ2n) is 6.38. The van der Waals surface area contributed by atoms with Crippen LogP contribution in [0.4, 0.5) is 0 Å². The Bertz CT molecular complexity index is 400. The van der Waals surface area contributed by atoms with Gasteiger partial charge in [0, 0.05) is 13.2 Å². The van der Waals surface area contributed by atoms with Gasteiger partial charge in [-0.3, -0.25) is 4.79 Å². The lowest BCUT2D eigenvalue weighted by molar-refractivity contribution is -0.138. The molecule has 0 aromatic heterocycles. The van der Waals surface area contributed by atoms with E-state index in [4.69, 9.17) is 0 Å². The summed E-state index contributed by atoms with van der Waals surface area (Å²) in [6.07, 6.45) is 1.08. The number of carbonyl (C=O) groups is 1. The number of rotatable bonds is 4. The number of ether oxygens (including phenoxy) is 1. The lowest BCUT2D eigenvalue weighted by atomic mass is 9.90. The van der Waals surface area contributed by atoms with Crippen molar-refractivity contribution in [3.8, 4) is 0 Å². The smallest absolute Gasteiger partial charge is 0.293 e. The molecule has 2 atom stereocenters. The van der Waals surface area contributed by atoms with E-state index < -0.39 is 0 Å². The largest absolute Gasteiger partial charge is 0.462 e. The molecule has 4 nitrogen and oxygen atoms in total. The molecule has 0 spiro atoms. The van der Waals surface area contributed by atoms with Crippen LogP contribution in [0.1, 0.15) is 26.3 Å². The lowest BCUT2D eigenvalue weighted by Crippen LogP contribution is -2.18. The lowest BCUT2D eigenvalue weighted by Gasteiger charge is -2.15. The highest BCUT2D eigenvalue weighted by molar-refractivity contribution is 5.37. The third kappa shape index (κ3) is 7.25. The van der Waals surface area contributed by atoms with E-state index in [-0.39, 0.29) is 5.60 Å². The Morgan fingerprint density at radius 3 is 2.33 bits per heavy atom. The van der Waals surface area contributed by atoms with Gasteiger partial charge in [-0.1, -0.05) is 30.3 Å². The molecule has 0 amide bonds. The maximum Gasteiger partial charge on any atom is 0.293 e. The first kappa shape index (κ1) is 17.7. The predicted molar refractivity (Wildman–Crippen MR) is 84.0 cm³/mol. The Balaban J connectivity index is 0.000000270. The standard InChI is InChI=1S/C12H17NO.C5H10O2/c14-9-12-8-13-7-11(12)6-10-4-2-1-3-5-10;1-5(2,3)7-4-6/h1-5,11-14H,6-9H2;4H,1-3H3. The molecule has 1 aromatic carbocycles.